The second-order valence-electron chi connectivity index (χ2n) is 2.62. The van der Waals surface area contributed by atoms with E-state index in [0.29, 0.717) is 5.71 Å². The highest BCUT2D eigenvalue weighted by atomic mass is 16.4. The van der Waals surface area contributed by atoms with Crippen molar-refractivity contribution in [3.63, 3.8) is 0 Å². The van der Waals surface area contributed by atoms with Gasteiger partial charge in [-0.25, -0.2) is 0 Å². The van der Waals surface area contributed by atoms with Crippen molar-refractivity contribution >= 4 is 11.9 Å². The van der Waals surface area contributed by atoms with Gasteiger partial charge in [0.2, 0.25) is 0 Å². The lowest BCUT2D eigenvalue weighted by Crippen LogP contribution is -2.05. The Bertz CT molecular complexity index is 327. The second kappa shape index (κ2) is 4.25. The maximum atomic E-state index is 8.32. The van der Waals surface area contributed by atoms with Gasteiger partial charge in [0.1, 0.15) is 5.71 Å². The number of nitrogens with two attached hydrogens (primary N) is 1. The molecule has 0 saturated heterocycles. The maximum absolute atomic E-state index is 8.32. The summed E-state index contributed by atoms with van der Waals surface area (Å²) in [4.78, 5) is 0. The van der Waals surface area contributed by atoms with Gasteiger partial charge in [-0.05, 0) is 6.92 Å². The standard InChI is InChI=1S/C9H11N3O/c1-7-2-4-8(5-3-7)9(12-10)6-11-13/h2-6,13H,10H2,1H3/b11-6+,12-9+. The van der Waals surface area contributed by atoms with E-state index in [1.54, 1.807) is 0 Å². The molecule has 0 spiro atoms. The lowest BCUT2D eigenvalue weighted by atomic mass is 10.1. The molecule has 0 fully saturated rings. The van der Waals surface area contributed by atoms with Crippen LogP contribution in [0.15, 0.2) is 34.5 Å². The number of oxime groups is 1. The van der Waals surface area contributed by atoms with Crippen molar-refractivity contribution in [3.8, 4) is 0 Å². The minimum atomic E-state index is 0.447. The molecule has 0 bridgehead atoms. The first-order valence-corrected chi connectivity index (χ1v) is 3.80. The zero-order valence-corrected chi connectivity index (χ0v) is 7.31. The van der Waals surface area contributed by atoms with Gasteiger partial charge < -0.3 is 11.0 Å². The first kappa shape index (κ1) is 9.25. The number of aryl methyl sites for hydroxylation is 1. The van der Waals surface area contributed by atoms with Gasteiger partial charge in [0.15, 0.2) is 0 Å². The quantitative estimate of drug-likeness (QED) is 0.307. The molecule has 0 aromatic heterocycles. The third-order valence-corrected chi connectivity index (χ3v) is 1.67. The monoisotopic (exact) mass is 177 g/mol. The fourth-order valence-corrected chi connectivity index (χ4v) is 0.961. The largest absolute Gasteiger partial charge is 0.411 e. The Morgan fingerprint density at radius 3 is 2.46 bits per heavy atom. The van der Waals surface area contributed by atoms with Gasteiger partial charge >= 0.3 is 0 Å². The van der Waals surface area contributed by atoms with Crippen molar-refractivity contribution in [3.05, 3.63) is 35.4 Å². The fraction of sp³-hybridized carbons (Fsp3) is 0.111. The summed E-state index contributed by atoms with van der Waals surface area (Å²) >= 11 is 0. The van der Waals surface area contributed by atoms with Crippen molar-refractivity contribution in [1.82, 2.24) is 0 Å². The molecule has 0 amide bonds. The van der Waals surface area contributed by atoms with E-state index in [9.17, 15) is 0 Å². The van der Waals surface area contributed by atoms with E-state index in [0.717, 1.165) is 11.1 Å². The van der Waals surface area contributed by atoms with Gasteiger partial charge in [-0.15, -0.1) is 0 Å². The smallest absolute Gasteiger partial charge is 0.111 e. The molecule has 0 heterocycles. The van der Waals surface area contributed by atoms with Gasteiger partial charge in [0.25, 0.3) is 0 Å². The van der Waals surface area contributed by atoms with E-state index < -0.39 is 0 Å². The molecule has 4 nitrogen and oxygen atoms in total. The van der Waals surface area contributed by atoms with E-state index in [1.165, 1.54) is 6.21 Å². The molecule has 0 saturated carbocycles. The molecule has 0 unspecified atom stereocenters. The predicted molar refractivity (Wildman–Crippen MR) is 52.2 cm³/mol. The predicted octanol–water partition coefficient (Wildman–Crippen LogP) is 1.12. The van der Waals surface area contributed by atoms with Crippen LogP contribution in [0, 0.1) is 6.92 Å². The fourth-order valence-electron chi connectivity index (χ4n) is 0.961. The molecule has 1 rings (SSSR count). The van der Waals surface area contributed by atoms with Crippen LogP contribution in [-0.4, -0.2) is 17.1 Å². The summed E-state index contributed by atoms with van der Waals surface area (Å²) in [6.45, 7) is 1.99. The Hall–Kier alpha value is -1.84. The van der Waals surface area contributed by atoms with Crippen molar-refractivity contribution in [1.29, 1.82) is 0 Å². The van der Waals surface area contributed by atoms with Crippen molar-refractivity contribution in [2.75, 3.05) is 0 Å². The Morgan fingerprint density at radius 2 is 2.00 bits per heavy atom. The van der Waals surface area contributed by atoms with Crippen molar-refractivity contribution in [2.45, 2.75) is 6.92 Å². The van der Waals surface area contributed by atoms with Crippen molar-refractivity contribution in [2.24, 2.45) is 16.1 Å². The van der Waals surface area contributed by atoms with Crippen LogP contribution < -0.4 is 5.84 Å². The highest BCUT2D eigenvalue weighted by molar-refractivity contribution is 6.38. The summed E-state index contributed by atoms with van der Waals surface area (Å²) in [6.07, 6.45) is 1.20. The minimum absolute atomic E-state index is 0.447. The number of rotatable bonds is 2. The molecule has 0 radical (unpaired) electrons. The zero-order valence-electron chi connectivity index (χ0n) is 7.31. The Labute approximate surface area is 76.4 Å². The molecule has 13 heavy (non-hydrogen) atoms. The second-order valence-corrected chi connectivity index (χ2v) is 2.62. The third-order valence-electron chi connectivity index (χ3n) is 1.67. The van der Waals surface area contributed by atoms with Gasteiger partial charge in [-0.3, -0.25) is 0 Å². The molecular weight excluding hydrogens is 166 g/mol. The normalized spacial score (nSPS) is 12.2. The molecule has 0 aliphatic rings. The molecule has 68 valence electrons. The lowest BCUT2D eigenvalue weighted by Gasteiger charge is -1.98. The topological polar surface area (TPSA) is 71.0 Å². The summed E-state index contributed by atoms with van der Waals surface area (Å²) in [6, 6.07) is 7.60. The molecular formula is C9H11N3O. The maximum Gasteiger partial charge on any atom is 0.111 e. The average molecular weight is 177 g/mol. The van der Waals surface area contributed by atoms with E-state index in [2.05, 4.69) is 10.3 Å². The summed E-state index contributed by atoms with van der Waals surface area (Å²) in [5, 5.41) is 14.7. The third kappa shape index (κ3) is 2.30. The van der Waals surface area contributed by atoms with E-state index in [1.807, 2.05) is 31.2 Å². The molecule has 0 aliphatic carbocycles. The summed E-state index contributed by atoms with van der Waals surface area (Å²) in [7, 11) is 0. The first-order chi connectivity index (χ1) is 6.27. The van der Waals surface area contributed by atoms with Crippen LogP contribution in [0.5, 0.6) is 0 Å². The molecule has 0 aliphatic heterocycles. The van der Waals surface area contributed by atoms with Crippen molar-refractivity contribution < 1.29 is 5.21 Å². The molecule has 4 heteroatoms. The summed E-state index contributed by atoms with van der Waals surface area (Å²) in [5.74, 6) is 5.11. The SMILES string of the molecule is Cc1ccc(C(/C=N/O)=N/N)cc1. The highest BCUT2D eigenvalue weighted by Gasteiger charge is 1.98. The van der Waals surface area contributed by atoms with Gasteiger partial charge in [-0.2, -0.15) is 5.10 Å². The number of hydrazone groups is 1. The van der Waals surface area contributed by atoms with E-state index in [4.69, 9.17) is 11.0 Å². The minimum Gasteiger partial charge on any atom is -0.411 e. The van der Waals surface area contributed by atoms with Crippen LogP contribution >= 0.6 is 0 Å². The summed E-state index contributed by atoms with van der Waals surface area (Å²) < 4.78 is 0. The van der Waals surface area contributed by atoms with E-state index in [-0.39, 0.29) is 0 Å². The number of hydrogen-bond acceptors (Lipinski definition) is 4. The molecule has 3 N–H and O–H groups in total. The van der Waals surface area contributed by atoms with Gasteiger partial charge in [0, 0.05) is 5.56 Å². The average Bonchev–Trinajstić information content (AvgIpc) is 2.16. The molecule has 1 aromatic rings. The summed E-state index contributed by atoms with van der Waals surface area (Å²) in [5.41, 5.74) is 2.43. The lowest BCUT2D eigenvalue weighted by molar-refractivity contribution is 0.322. The van der Waals surface area contributed by atoms with Crippen LogP contribution in [-0.2, 0) is 0 Å². The van der Waals surface area contributed by atoms with Crippen LogP contribution in [0.4, 0.5) is 0 Å². The molecule has 0 atom stereocenters. The van der Waals surface area contributed by atoms with Gasteiger partial charge in [0.05, 0.1) is 6.21 Å². The Kier molecular flexibility index (Phi) is 3.03. The highest BCUT2D eigenvalue weighted by Crippen LogP contribution is 2.03. The van der Waals surface area contributed by atoms with Gasteiger partial charge in [-0.1, -0.05) is 35.0 Å². The van der Waals surface area contributed by atoms with E-state index >= 15 is 0 Å². The van der Waals surface area contributed by atoms with Crippen LogP contribution in [0.3, 0.4) is 0 Å². The zero-order chi connectivity index (χ0) is 9.68. The first-order valence-electron chi connectivity index (χ1n) is 3.80. The number of nitrogens with zero attached hydrogens (tertiary/aromatic N) is 2. The number of benzene rings is 1. The molecule has 1 aromatic carbocycles. The van der Waals surface area contributed by atoms with Crippen LogP contribution in [0.25, 0.3) is 0 Å². The Balaban J connectivity index is 3.00. The Morgan fingerprint density at radius 1 is 1.38 bits per heavy atom. The number of hydrogen-bond donors (Lipinski definition) is 2. The van der Waals surface area contributed by atoms with Crippen LogP contribution in [0.1, 0.15) is 11.1 Å². The van der Waals surface area contributed by atoms with Crippen LogP contribution in [0.2, 0.25) is 0 Å².